The number of halogens is 1. The Morgan fingerprint density at radius 1 is 1.28 bits per heavy atom. The fourth-order valence-electron chi connectivity index (χ4n) is 3.00. The summed E-state index contributed by atoms with van der Waals surface area (Å²) in [6.45, 7) is 7.31. The molecule has 2 aromatic carbocycles. The van der Waals surface area contributed by atoms with Gasteiger partial charge in [0.05, 0.1) is 11.7 Å². The third-order valence-corrected chi connectivity index (χ3v) is 4.81. The molecule has 2 unspecified atom stereocenters. The van der Waals surface area contributed by atoms with Crippen LogP contribution in [0.25, 0.3) is 0 Å². The molecule has 1 aliphatic heterocycles. The van der Waals surface area contributed by atoms with E-state index >= 15 is 0 Å². The molecule has 5 nitrogen and oxygen atoms in total. The Labute approximate surface area is 175 Å². The Kier molecular flexibility index (Phi) is 6.07. The summed E-state index contributed by atoms with van der Waals surface area (Å²) in [5, 5.41) is 6.10. The average Bonchev–Trinajstić information content (AvgIpc) is 2.62. The van der Waals surface area contributed by atoms with Crippen LogP contribution in [0.3, 0.4) is 0 Å². The van der Waals surface area contributed by atoms with E-state index < -0.39 is 11.7 Å². The van der Waals surface area contributed by atoms with Crippen LogP contribution in [0, 0.1) is 5.82 Å². The van der Waals surface area contributed by atoms with Crippen molar-refractivity contribution in [3.8, 4) is 5.75 Å². The van der Waals surface area contributed by atoms with Gasteiger partial charge >= 0.3 is 6.09 Å². The maximum absolute atomic E-state index is 13.3. The van der Waals surface area contributed by atoms with Gasteiger partial charge in [0.1, 0.15) is 28.3 Å². The van der Waals surface area contributed by atoms with Crippen molar-refractivity contribution in [1.29, 1.82) is 0 Å². The maximum Gasteiger partial charge on any atom is 0.408 e. The van der Waals surface area contributed by atoms with E-state index in [0.29, 0.717) is 17.2 Å². The molecule has 154 valence electrons. The zero-order valence-electron chi connectivity index (χ0n) is 16.9. The summed E-state index contributed by atoms with van der Waals surface area (Å²) >= 11 is 5.30. The number of carbonyl (C=O) groups is 1. The van der Waals surface area contributed by atoms with E-state index in [1.54, 1.807) is 12.1 Å². The summed E-state index contributed by atoms with van der Waals surface area (Å²) in [5.74, 6) is 0.399. The molecule has 0 fully saturated rings. The number of benzene rings is 2. The quantitative estimate of drug-likeness (QED) is 0.675. The second kappa shape index (κ2) is 8.37. The van der Waals surface area contributed by atoms with Gasteiger partial charge in [0, 0.05) is 0 Å². The van der Waals surface area contributed by atoms with Crippen molar-refractivity contribution < 1.29 is 18.7 Å². The lowest BCUT2D eigenvalue weighted by molar-refractivity contribution is 0.0503. The van der Waals surface area contributed by atoms with E-state index in [2.05, 4.69) is 10.6 Å². The molecule has 1 amide bonds. The summed E-state index contributed by atoms with van der Waals surface area (Å²) in [5.41, 5.74) is 1.88. The van der Waals surface area contributed by atoms with Crippen molar-refractivity contribution >= 4 is 29.0 Å². The lowest BCUT2D eigenvalue weighted by Gasteiger charge is -2.28. The maximum atomic E-state index is 13.3. The first-order valence-electron chi connectivity index (χ1n) is 9.46. The molecule has 0 aliphatic carbocycles. The molecule has 0 saturated heterocycles. The summed E-state index contributed by atoms with van der Waals surface area (Å²) in [6, 6.07) is 11.5. The van der Waals surface area contributed by atoms with Gasteiger partial charge in [0.2, 0.25) is 0 Å². The molecular weight excluding hydrogens is 391 g/mol. The van der Waals surface area contributed by atoms with Gasteiger partial charge in [-0.15, -0.1) is 0 Å². The van der Waals surface area contributed by atoms with Gasteiger partial charge in [-0.1, -0.05) is 30.4 Å². The number of nitrogens with one attached hydrogen (secondary N) is 2. The van der Waals surface area contributed by atoms with E-state index in [1.807, 2.05) is 45.9 Å². The number of ether oxygens (including phenoxy) is 2. The Bertz CT molecular complexity index is 909. The highest BCUT2D eigenvalue weighted by molar-refractivity contribution is 7.80. The lowest BCUT2D eigenvalue weighted by atomic mass is 9.98. The van der Waals surface area contributed by atoms with Crippen LogP contribution in [-0.2, 0) is 11.2 Å². The summed E-state index contributed by atoms with van der Waals surface area (Å²) in [6.07, 6.45) is -0.242. The second-order valence-electron chi connectivity index (χ2n) is 8.03. The fraction of sp³-hybridized carbons (Fsp3) is 0.364. The highest BCUT2D eigenvalue weighted by Crippen LogP contribution is 2.33. The van der Waals surface area contributed by atoms with E-state index in [1.165, 1.54) is 12.1 Å². The van der Waals surface area contributed by atoms with Crippen LogP contribution in [0.2, 0.25) is 0 Å². The molecule has 0 bridgehead atoms. The Hall–Kier alpha value is -2.67. The summed E-state index contributed by atoms with van der Waals surface area (Å²) in [4.78, 5) is 13.0. The number of fused-ring (bicyclic) bond motifs is 1. The van der Waals surface area contributed by atoms with Crippen molar-refractivity contribution in [1.82, 2.24) is 5.32 Å². The molecule has 7 heteroatoms. The van der Waals surface area contributed by atoms with Crippen molar-refractivity contribution in [3.63, 3.8) is 0 Å². The number of thiocarbonyl (C=S) groups is 1. The minimum Gasteiger partial charge on any atom is -0.481 e. The minimum atomic E-state index is -0.613. The molecular formula is C22H25FN2O3S. The average molecular weight is 417 g/mol. The normalized spacial score (nSPS) is 16.9. The predicted molar refractivity (Wildman–Crippen MR) is 115 cm³/mol. The third kappa shape index (κ3) is 5.67. The van der Waals surface area contributed by atoms with Crippen LogP contribution in [0.15, 0.2) is 42.5 Å². The highest BCUT2D eigenvalue weighted by atomic mass is 32.1. The van der Waals surface area contributed by atoms with E-state index in [9.17, 15) is 9.18 Å². The predicted octanol–water partition coefficient (Wildman–Crippen LogP) is 5.15. The van der Waals surface area contributed by atoms with Crippen molar-refractivity contribution in [2.24, 2.45) is 0 Å². The largest absolute Gasteiger partial charge is 0.481 e. The number of hydrogen-bond donors (Lipinski definition) is 2. The first-order chi connectivity index (χ1) is 13.6. The first-order valence-corrected chi connectivity index (χ1v) is 9.87. The molecule has 0 saturated carbocycles. The number of amides is 1. The Morgan fingerprint density at radius 2 is 1.97 bits per heavy atom. The van der Waals surface area contributed by atoms with Gasteiger partial charge in [0.25, 0.3) is 0 Å². The van der Waals surface area contributed by atoms with Gasteiger partial charge in [-0.2, -0.15) is 0 Å². The molecule has 1 aliphatic rings. The van der Waals surface area contributed by atoms with Crippen LogP contribution in [0.1, 0.15) is 44.9 Å². The van der Waals surface area contributed by atoms with Gasteiger partial charge in [0.15, 0.2) is 0 Å². The summed E-state index contributed by atoms with van der Waals surface area (Å²) in [7, 11) is 0. The van der Waals surface area contributed by atoms with Gasteiger partial charge < -0.3 is 20.1 Å². The highest BCUT2D eigenvalue weighted by Gasteiger charge is 2.24. The first kappa shape index (κ1) is 21.0. The van der Waals surface area contributed by atoms with Crippen LogP contribution < -0.4 is 15.4 Å². The Balaban J connectivity index is 1.87. The Morgan fingerprint density at radius 3 is 2.62 bits per heavy atom. The third-order valence-electron chi connectivity index (χ3n) is 4.38. The molecule has 0 radical (unpaired) electrons. The lowest BCUT2D eigenvalue weighted by Crippen LogP contribution is -2.36. The van der Waals surface area contributed by atoms with Crippen molar-refractivity contribution in [2.75, 3.05) is 5.32 Å². The number of anilines is 1. The number of alkyl carbamates (subject to hydrolysis) is 1. The minimum absolute atomic E-state index is 0.196. The van der Waals surface area contributed by atoms with E-state index in [0.717, 1.165) is 16.8 Å². The second-order valence-corrected chi connectivity index (χ2v) is 8.47. The topological polar surface area (TPSA) is 59.6 Å². The summed E-state index contributed by atoms with van der Waals surface area (Å²) < 4.78 is 24.5. The standard InChI is InChI=1S/C22H25FN2O3S/c1-13-20(29)24-18-12-15(7-10-19(18)27-13)17(25-21(26)28-22(2,3)4)11-14-5-8-16(23)9-6-14/h5-10,12-13,17H,11H2,1-4H3,(H,24,29)(H,25,26). The van der Waals surface area contributed by atoms with Crippen LogP contribution in [-0.4, -0.2) is 22.8 Å². The molecule has 29 heavy (non-hydrogen) atoms. The number of rotatable bonds is 4. The van der Waals surface area contributed by atoms with E-state index in [4.69, 9.17) is 21.7 Å². The molecule has 0 spiro atoms. The van der Waals surface area contributed by atoms with Gasteiger partial charge in [-0.25, -0.2) is 9.18 Å². The van der Waals surface area contributed by atoms with E-state index in [-0.39, 0.29) is 18.0 Å². The SMILES string of the molecule is CC1Oc2ccc(C(Cc3ccc(F)cc3)NC(=O)OC(C)(C)C)cc2NC1=S. The van der Waals surface area contributed by atoms with Crippen molar-refractivity contribution in [3.05, 3.63) is 59.4 Å². The molecule has 2 N–H and O–H groups in total. The number of carbonyl (C=O) groups excluding carboxylic acids is 1. The van der Waals surface area contributed by atoms with Crippen molar-refractivity contribution in [2.45, 2.75) is 51.9 Å². The smallest absolute Gasteiger partial charge is 0.408 e. The van der Waals surface area contributed by atoms with Crippen LogP contribution >= 0.6 is 12.2 Å². The molecule has 2 aromatic rings. The van der Waals surface area contributed by atoms with Crippen LogP contribution in [0.5, 0.6) is 5.75 Å². The van der Waals surface area contributed by atoms with Gasteiger partial charge in [-0.3, -0.25) is 0 Å². The van der Waals surface area contributed by atoms with Gasteiger partial charge in [-0.05, 0) is 69.5 Å². The molecule has 2 atom stereocenters. The zero-order chi connectivity index (χ0) is 21.2. The molecule has 3 rings (SSSR count). The van der Waals surface area contributed by atoms with Crippen LogP contribution in [0.4, 0.5) is 14.9 Å². The number of hydrogen-bond acceptors (Lipinski definition) is 4. The fourth-order valence-corrected chi connectivity index (χ4v) is 3.16. The monoisotopic (exact) mass is 416 g/mol. The molecule has 0 aromatic heterocycles. The molecule has 1 heterocycles. The zero-order valence-corrected chi connectivity index (χ0v) is 17.7.